The number of H-pyrrole nitrogens is 1. The maximum atomic E-state index is 12.8. The van der Waals surface area contributed by atoms with Crippen molar-refractivity contribution >= 4 is 40.5 Å². The first-order chi connectivity index (χ1) is 14.5. The van der Waals surface area contributed by atoms with E-state index in [4.69, 9.17) is 0 Å². The highest BCUT2D eigenvalue weighted by atomic mass is 32.2. The Morgan fingerprint density at radius 3 is 2.67 bits per heavy atom. The summed E-state index contributed by atoms with van der Waals surface area (Å²) >= 11 is 1.37. The van der Waals surface area contributed by atoms with E-state index < -0.39 is 11.6 Å². The molecule has 0 bridgehead atoms. The van der Waals surface area contributed by atoms with Gasteiger partial charge in [0.05, 0.1) is 5.56 Å². The van der Waals surface area contributed by atoms with Crippen LogP contribution in [0.4, 0.5) is 4.79 Å². The van der Waals surface area contributed by atoms with Crippen LogP contribution in [0.15, 0.2) is 59.6 Å². The van der Waals surface area contributed by atoms with E-state index >= 15 is 0 Å². The van der Waals surface area contributed by atoms with E-state index in [-0.39, 0.29) is 11.8 Å². The lowest BCUT2D eigenvalue weighted by Crippen LogP contribution is -2.46. The first-order valence-electron chi connectivity index (χ1n) is 9.65. The SMILES string of the molecule is C[C@@]1(CSc2ccccc2C(=O)NCCc2c[nH]c3ccccc23)NC(=O)NC1=O. The average Bonchev–Trinajstić information content (AvgIpc) is 3.26. The normalized spacial score (nSPS) is 18.3. The van der Waals surface area contributed by atoms with E-state index in [0.717, 1.165) is 27.8 Å². The smallest absolute Gasteiger partial charge is 0.322 e. The number of aromatic amines is 1. The standard InChI is InChI=1S/C22H22N4O3S/c1-22(20(28)25-21(29)26-22)13-30-18-9-5-3-7-16(18)19(27)23-11-10-14-12-24-17-8-4-2-6-15(14)17/h2-9,12,24H,10-11,13H2,1H3,(H,23,27)(H2,25,26,28,29)/t22-/m0/s1. The molecule has 2 aromatic carbocycles. The van der Waals surface area contributed by atoms with Crippen LogP contribution in [0, 0.1) is 0 Å². The monoisotopic (exact) mass is 422 g/mol. The van der Waals surface area contributed by atoms with Crippen molar-refractivity contribution in [2.45, 2.75) is 23.8 Å². The van der Waals surface area contributed by atoms with Gasteiger partial charge in [0, 0.05) is 34.3 Å². The van der Waals surface area contributed by atoms with Crippen LogP contribution in [0.2, 0.25) is 0 Å². The fraction of sp³-hybridized carbons (Fsp3) is 0.227. The van der Waals surface area contributed by atoms with Crippen LogP contribution in [0.5, 0.6) is 0 Å². The Bertz CT molecular complexity index is 1130. The molecule has 1 saturated heterocycles. The molecule has 1 aliphatic heterocycles. The number of amides is 4. The molecule has 0 radical (unpaired) electrons. The van der Waals surface area contributed by atoms with Gasteiger partial charge in [-0.2, -0.15) is 0 Å². The van der Waals surface area contributed by atoms with Crippen LogP contribution in [0.1, 0.15) is 22.8 Å². The average molecular weight is 423 g/mol. The Morgan fingerprint density at radius 2 is 1.87 bits per heavy atom. The molecular weight excluding hydrogens is 400 g/mol. The van der Waals surface area contributed by atoms with E-state index in [1.54, 1.807) is 13.0 Å². The fourth-order valence-corrected chi connectivity index (χ4v) is 4.57. The number of rotatable bonds is 7. The Balaban J connectivity index is 1.38. The number of nitrogens with one attached hydrogen (secondary N) is 4. The molecule has 0 unspecified atom stereocenters. The molecule has 0 aliphatic carbocycles. The summed E-state index contributed by atoms with van der Waals surface area (Å²) in [5, 5.41) is 9.03. The Hall–Kier alpha value is -3.26. The zero-order valence-electron chi connectivity index (χ0n) is 16.5. The predicted octanol–water partition coefficient (Wildman–Crippen LogP) is 2.83. The lowest BCUT2D eigenvalue weighted by molar-refractivity contribution is -0.122. The van der Waals surface area contributed by atoms with Crippen molar-refractivity contribution < 1.29 is 14.4 Å². The topological polar surface area (TPSA) is 103 Å². The van der Waals surface area contributed by atoms with Crippen LogP contribution in [0.3, 0.4) is 0 Å². The first kappa shape index (κ1) is 20.0. The number of fused-ring (bicyclic) bond motifs is 1. The molecule has 1 aromatic heterocycles. The number of hydrogen-bond donors (Lipinski definition) is 4. The number of imide groups is 1. The summed E-state index contributed by atoms with van der Waals surface area (Å²) in [5.41, 5.74) is 1.79. The molecular formula is C22H22N4O3S. The third-order valence-corrected chi connectivity index (χ3v) is 6.51. The third kappa shape index (κ3) is 4.04. The van der Waals surface area contributed by atoms with Gasteiger partial charge >= 0.3 is 6.03 Å². The third-order valence-electron chi connectivity index (χ3n) is 5.12. The van der Waals surface area contributed by atoms with Gasteiger partial charge in [0.2, 0.25) is 0 Å². The highest BCUT2D eigenvalue weighted by Gasteiger charge is 2.41. The van der Waals surface area contributed by atoms with Crippen molar-refractivity contribution in [3.8, 4) is 0 Å². The van der Waals surface area contributed by atoms with E-state index in [1.807, 2.05) is 42.6 Å². The number of aromatic nitrogens is 1. The van der Waals surface area contributed by atoms with Crippen molar-refractivity contribution in [1.29, 1.82) is 0 Å². The molecule has 3 aromatic rings. The van der Waals surface area contributed by atoms with Crippen molar-refractivity contribution in [1.82, 2.24) is 20.9 Å². The summed E-state index contributed by atoms with van der Waals surface area (Å²) in [5.74, 6) is -0.201. The van der Waals surface area contributed by atoms with Crippen LogP contribution in [0.25, 0.3) is 10.9 Å². The van der Waals surface area contributed by atoms with E-state index in [2.05, 4.69) is 27.0 Å². The van der Waals surface area contributed by atoms with Crippen molar-refractivity contribution in [3.63, 3.8) is 0 Å². The van der Waals surface area contributed by atoms with Crippen LogP contribution >= 0.6 is 11.8 Å². The zero-order chi connectivity index (χ0) is 21.1. The van der Waals surface area contributed by atoms with Crippen molar-refractivity contribution in [2.24, 2.45) is 0 Å². The fourth-order valence-electron chi connectivity index (χ4n) is 3.43. The van der Waals surface area contributed by atoms with E-state index in [0.29, 0.717) is 17.9 Å². The quantitative estimate of drug-likeness (QED) is 0.347. The molecule has 0 spiro atoms. The first-order valence-corrected chi connectivity index (χ1v) is 10.6. The summed E-state index contributed by atoms with van der Waals surface area (Å²) in [6, 6.07) is 14.8. The summed E-state index contributed by atoms with van der Waals surface area (Å²) in [4.78, 5) is 40.2. The van der Waals surface area contributed by atoms with Gasteiger partial charge in [-0.3, -0.25) is 14.9 Å². The van der Waals surface area contributed by atoms with Crippen LogP contribution in [-0.4, -0.2) is 40.7 Å². The van der Waals surface area contributed by atoms with Crippen molar-refractivity contribution in [3.05, 3.63) is 65.9 Å². The largest absolute Gasteiger partial charge is 0.361 e. The molecule has 8 heteroatoms. The highest BCUT2D eigenvalue weighted by molar-refractivity contribution is 7.99. The van der Waals surface area contributed by atoms with Gasteiger partial charge in [-0.05, 0) is 37.1 Å². The number of hydrogen-bond acceptors (Lipinski definition) is 4. The number of para-hydroxylation sites is 1. The molecule has 2 heterocycles. The second kappa shape index (κ2) is 8.23. The molecule has 154 valence electrons. The van der Waals surface area contributed by atoms with E-state index in [1.165, 1.54) is 11.8 Å². The minimum Gasteiger partial charge on any atom is -0.361 e. The van der Waals surface area contributed by atoms with Crippen LogP contribution in [-0.2, 0) is 11.2 Å². The van der Waals surface area contributed by atoms with Gasteiger partial charge in [-0.25, -0.2) is 4.79 Å². The van der Waals surface area contributed by atoms with Gasteiger partial charge in [-0.1, -0.05) is 30.3 Å². The number of carbonyl (C=O) groups excluding carboxylic acids is 3. The highest BCUT2D eigenvalue weighted by Crippen LogP contribution is 2.27. The van der Waals surface area contributed by atoms with Crippen molar-refractivity contribution in [2.75, 3.05) is 12.3 Å². The Morgan fingerprint density at radius 1 is 1.10 bits per heavy atom. The number of urea groups is 1. The predicted molar refractivity (Wildman–Crippen MR) is 117 cm³/mol. The molecule has 4 N–H and O–H groups in total. The summed E-state index contributed by atoms with van der Waals surface area (Å²) < 4.78 is 0. The van der Waals surface area contributed by atoms with Gasteiger partial charge in [0.25, 0.3) is 11.8 Å². The molecule has 4 rings (SSSR count). The van der Waals surface area contributed by atoms with Gasteiger partial charge < -0.3 is 15.6 Å². The summed E-state index contributed by atoms with van der Waals surface area (Å²) in [6.07, 6.45) is 2.69. The maximum absolute atomic E-state index is 12.8. The Labute approximate surface area is 178 Å². The second-order valence-electron chi connectivity index (χ2n) is 7.39. The molecule has 0 saturated carbocycles. The molecule has 1 fully saturated rings. The minimum atomic E-state index is -0.999. The summed E-state index contributed by atoms with van der Waals surface area (Å²) in [7, 11) is 0. The molecule has 1 aliphatic rings. The molecule has 7 nitrogen and oxygen atoms in total. The zero-order valence-corrected chi connectivity index (χ0v) is 17.3. The second-order valence-corrected chi connectivity index (χ2v) is 8.41. The summed E-state index contributed by atoms with van der Waals surface area (Å²) in [6.45, 7) is 2.18. The number of benzene rings is 2. The Kier molecular flexibility index (Phi) is 5.50. The van der Waals surface area contributed by atoms with Gasteiger partial charge in [0.15, 0.2) is 0 Å². The van der Waals surface area contributed by atoms with Gasteiger partial charge in [0.1, 0.15) is 5.54 Å². The van der Waals surface area contributed by atoms with E-state index in [9.17, 15) is 14.4 Å². The number of thioether (sulfide) groups is 1. The van der Waals surface area contributed by atoms with Gasteiger partial charge in [-0.15, -0.1) is 11.8 Å². The molecule has 1 atom stereocenters. The molecule has 30 heavy (non-hydrogen) atoms. The lowest BCUT2D eigenvalue weighted by Gasteiger charge is -2.20. The lowest BCUT2D eigenvalue weighted by atomic mass is 10.1. The van der Waals surface area contributed by atoms with Crippen LogP contribution < -0.4 is 16.0 Å². The minimum absolute atomic E-state index is 0.164. The number of carbonyl (C=O) groups is 3. The maximum Gasteiger partial charge on any atom is 0.322 e. The molecule has 4 amide bonds.